The summed E-state index contributed by atoms with van der Waals surface area (Å²) in [5.74, 6) is 0.564. The van der Waals surface area contributed by atoms with Gasteiger partial charge < -0.3 is 9.47 Å². The Morgan fingerprint density at radius 2 is 2.14 bits per heavy atom. The van der Waals surface area contributed by atoms with Gasteiger partial charge in [0.05, 0.1) is 5.69 Å². The van der Waals surface area contributed by atoms with Crippen molar-refractivity contribution in [3.8, 4) is 5.75 Å². The van der Waals surface area contributed by atoms with E-state index in [-0.39, 0.29) is 24.3 Å². The van der Waals surface area contributed by atoms with E-state index >= 15 is 0 Å². The van der Waals surface area contributed by atoms with E-state index in [1.165, 1.54) is 12.0 Å². The van der Waals surface area contributed by atoms with Crippen molar-refractivity contribution in [1.29, 1.82) is 0 Å². The van der Waals surface area contributed by atoms with Crippen LogP contribution in [0.4, 0.5) is 5.69 Å². The normalized spacial score (nSPS) is 17.7. The van der Waals surface area contributed by atoms with E-state index in [4.69, 9.17) is 9.47 Å². The molecule has 0 spiro atoms. The molecule has 1 heterocycles. The van der Waals surface area contributed by atoms with Crippen molar-refractivity contribution >= 4 is 17.4 Å². The Hall–Kier alpha value is -1.88. The van der Waals surface area contributed by atoms with Gasteiger partial charge in [-0.05, 0) is 24.1 Å². The highest BCUT2D eigenvalue weighted by atomic mass is 16.5. The quantitative estimate of drug-likeness (QED) is 0.783. The Kier molecular flexibility index (Phi) is 4.63. The number of rotatable bonds is 5. The second-order valence-electron chi connectivity index (χ2n) is 5.43. The Bertz CT molecular complexity index is 553. The van der Waals surface area contributed by atoms with Crippen LogP contribution < -0.4 is 9.64 Å². The van der Waals surface area contributed by atoms with Crippen LogP contribution in [0.2, 0.25) is 0 Å². The number of carbonyl (C=O) groups excluding carboxylic acids is 2. The van der Waals surface area contributed by atoms with Crippen LogP contribution in [0.25, 0.3) is 0 Å². The van der Waals surface area contributed by atoms with Crippen molar-refractivity contribution in [1.82, 2.24) is 0 Å². The predicted molar refractivity (Wildman–Crippen MR) is 79.7 cm³/mol. The second kappa shape index (κ2) is 6.26. The number of fused-ring (bicyclic) bond motifs is 1. The van der Waals surface area contributed by atoms with Crippen LogP contribution in [0.15, 0.2) is 18.2 Å². The zero-order chi connectivity index (χ0) is 15.6. The monoisotopic (exact) mass is 291 g/mol. The molecule has 0 radical (unpaired) electrons. The molecule has 1 aromatic rings. The lowest BCUT2D eigenvalue weighted by Crippen LogP contribution is -2.49. The number of amides is 1. The fraction of sp³-hybridized carbons (Fsp3) is 0.500. The molecule has 0 aliphatic carbocycles. The number of Topliss-reactive ketones (excluding diaryl/α,β-unsaturated/α-hetero) is 1. The fourth-order valence-corrected chi connectivity index (χ4v) is 2.35. The van der Waals surface area contributed by atoms with Crippen LogP contribution in [0.3, 0.4) is 0 Å². The van der Waals surface area contributed by atoms with Gasteiger partial charge in [-0.15, -0.1) is 0 Å². The maximum atomic E-state index is 12.5. The number of carbonyl (C=O) groups is 2. The van der Waals surface area contributed by atoms with Crippen molar-refractivity contribution in [2.75, 3.05) is 18.7 Å². The molecule has 114 valence electrons. The Morgan fingerprint density at radius 3 is 2.71 bits per heavy atom. The molecule has 1 aromatic carbocycles. The van der Waals surface area contributed by atoms with E-state index in [0.29, 0.717) is 23.4 Å². The van der Waals surface area contributed by atoms with E-state index < -0.39 is 6.10 Å². The Morgan fingerprint density at radius 1 is 1.43 bits per heavy atom. The molecule has 2 rings (SSSR count). The second-order valence-corrected chi connectivity index (χ2v) is 5.43. The molecule has 1 atom stereocenters. The van der Waals surface area contributed by atoms with Crippen LogP contribution >= 0.6 is 0 Å². The van der Waals surface area contributed by atoms with Gasteiger partial charge in [-0.25, -0.2) is 0 Å². The molecule has 1 aliphatic rings. The molecule has 1 unspecified atom stereocenters. The number of ketones is 1. The largest absolute Gasteiger partial charge is 0.478 e. The van der Waals surface area contributed by atoms with Gasteiger partial charge in [0.25, 0.3) is 5.91 Å². The molecule has 21 heavy (non-hydrogen) atoms. The van der Waals surface area contributed by atoms with Crippen LogP contribution in [-0.4, -0.2) is 31.6 Å². The Labute approximate surface area is 124 Å². The standard InChI is InChI=1S/C16H21NO4/c1-5-13(18)11-6-7-14-12(8-11)17(9-20-4)16(19)15(21-14)10(2)3/h6-8,10,15H,5,9H2,1-4H3. The average molecular weight is 291 g/mol. The van der Waals surface area contributed by atoms with Crippen LogP contribution in [0, 0.1) is 5.92 Å². The molecule has 0 saturated carbocycles. The van der Waals surface area contributed by atoms with Crippen molar-refractivity contribution < 1.29 is 19.1 Å². The minimum atomic E-state index is -0.527. The molecule has 0 N–H and O–H groups in total. The summed E-state index contributed by atoms with van der Waals surface area (Å²) in [6.07, 6.45) is -0.104. The smallest absolute Gasteiger partial charge is 0.270 e. The van der Waals surface area contributed by atoms with Crippen molar-refractivity contribution in [3.05, 3.63) is 23.8 Å². The van der Waals surface area contributed by atoms with Gasteiger partial charge in [0.15, 0.2) is 11.9 Å². The van der Waals surface area contributed by atoms with Crippen LogP contribution in [-0.2, 0) is 9.53 Å². The minimum absolute atomic E-state index is 0.0357. The number of hydrogen-bond acceptors (Lipinski definition) is 4. The number of methoxy groups -OCH3 is 1. The fourth-order valence-electron chi connectivity index (χ4n) is 2.35. The number of nitrogens with zero attached hydrogens (tertiary/aromatic N) is 1. The highest BCUT2D eigenvalue weighted by Crippen LogP contribution is 2.36. The first-order chi connectivity index (χ1) is 9.99. The van der Waals surface area contributed by atoms with Gasteiger partial charge in [0.1, 0.15) is 12.5 Å². The molecule has 0 bridgehead atoms. The van der Waals surface area contributed by atoms with Crippen LogP contribution in [0.5, 0.6) is 5.75 Å². The first-order valence-electron chi connectivity index (χ1n) is 7.13. The molecular formula is C16H21NO4. The molecular weight excluding hydrogens is 270 g/mol. The van der Waals surface area contributed by atoms with Crippen molar-refractivity contribution in [2.45, 2.75) is 33.3 Å². The van der Waals surface area contributed by atoms with Gasteiger partial charge in [-0.1, -0.05) is 20.8 Å². The van der Waals surface area contributed by atoms with Gasteiger partial charge in [0, 0.05) is 19.1 Å². The summed E-state index contributed by atoms with van der Waals surface area (Å²) < 4.78 is 10.9. The molecule has 5 nitrogen and oxygen atoms in total. The van der Waals surface area contributed by atoms with Gasteiger partial charge >= 0.3 is 0 Å². The summed E-state index contributed by atoms with van der Waals surface area (Å²) in [5, 5.41) is 0. The third kappa shape index (κ3) is 2.93. The summed E-state index contributed by atoms with van der Waals surface area (Å²) in [7, 11) is 1.54. The third-order valence-corrected chi connectivity index (χ3v) is 3.52. The summed E-state index contributed by atoms with van der Waals surface area (Å²) in [6.45, 7) is 5.83. The molecule has 0 fully saturated rings. The SMILES string of the molecule is CCC(=O)c1ccc2c(c1)N(COC)C(=O)C(C(C)C)O2. The zero-order valence-corrected chi connectivity index (χ0v) is 12.9. The van der Waals surface area contributed by atoms with E-state index in [9.17, 15) is 9.59 Å². The third-order valence-electron chi connectivity index (χ3n) is 3.52. The maximum Gasteiger partial charge on any atom is 0.270 e. The van der Waals surface area contributed by atoms with E-state index in [1.807, 2.05) is 20.8 Å². The summed E-state index contributed by atoms with van der Waals surface area (Å²) in [6, 6.07) is 5.19. The lowest BCUT2D eigenvalue weighted by molar-refractivity contribution is -0.129. The number of hydrogen-bond donors (Lipinski definition) is 0. The van der Waals surface area contributed by atoms with Gasteiger partial charge in [-0.3, -0.25) is 14.5 Å². The number of anilines is 1. The lowest BCUT2D eigenvalue weighted by atomic mass is 10.0. The summed E-state index contributed by atoms with van der Waals surface area (Å²) in [5.41, 5.74) is 1.18. The molecule has 0 saturated heterocycles. The molecule has 1 amide bonds. The first-order valence-corrected chi connectivity index (χ1v) is 7.13. The number of ether oxygens (including phenoxy) is 2. The highest BCUT2D eigenvalue weighted by Gasteiger charge is 2.36. The van der Waals surface area contributed by atoms with E-state index in [1.54, 1.807) is 18.2 Å². The molecule has 5 heteroatoms. The predicted octanol–water partition coefficient (Wildman–Crippen LogP) is 2.63. The average Bonchev–Trinajstić information content (AvgIpc) is 2.48. The maximum absolute atomic E-state index is 12.5. The van der Waals surface area contributed by atoms with E-state index in [2.05, 4.69) is 0 Å². The van der Waals surface area contributed by atoms with Gasteiger partial charge in [0.2, 0.25) is 0 Å². The topological polar surface area (TPSA) is 55.8 Å². The van der Waals surface area contributed by atoms with Crippen LogP contribution in [0.1, 0.15) is 37.6 Å². The van der Waals surface area contributed by atoms with Gasteiger partial charge in [-0.2, -0.15) is 0 Å². The molecule has 1 aliphatic heterocycles. The zero-order valence-electron chi connectivity index (χ0n) is 12.9. The number of benzene rings is 1. The minimum Gasteiger partial charge on any atom is -0.478 e. The van der Waals surface area contributed by atoms with Crippen molar-refractivity contribution in [2.24, 2.45) is 5.92 Å². The Balaban J connectivity index is 2.46. The molecule has 0 aromatic heterocycles. The van der Waals surface area contributed by atoms with Crippen molar-refractivity contribution in [3.63, 3.8) is 0 Å². The first kappa shape index (κ1) is 15.5. The highest BCUT2D eigenvalue weighted by molar-refractivity contribution is 6.03. The van der Waals surface area contributed by atoms with E-state index in [0.717, 1.165) is 0 Å². The summed E-state index contributed by atoms with van der Waals surface area (Å²) >= 11 is 0. The summed E-state index contributed by atoms with van der Waals surface area (Å²) in [4.78, 5) is 25.9. The lowest BCUT2D eigenvalue weighted by Gasteiger charge is -2.35.